The minimum absolute atomic E-state index is 0.193. The lowest BCUT2D eigenvalue weighted by atomic mass is 10.1. The van der Waals surface area contributed by atoms with Gasteiger partial charge in [-0.2, -0.15) is 0 Å². The van der Waals surface area contributed by atoms with Crippen molar-refractivity contribution in [1.29, 1.82) is 0 Å². The van der Waals surface area contributed by atoms with Gasteiger partial charge >= 0.3 is 5.97 Å². The molecule has 1 rings (SSSR count). The molecule has 0 unspecified atom stereocenters. The summed E-state index contributed by atoms with van der Waals surface area (Å²) >= 11 is 0. The van der Waals surface area contributed by atoms with Crippen LogP contribution in [0.5, 0.6) is 0 Å². The molecular formula is C12H18N6O5. The molecule has 0 aliphatic rings. The van der Waals surface area contributed by atoms with Gasteiger partial charge in [-0.3, -0.25) is 19.3 Å². The Balaban J connectivity index is 2.95. The zero-order valence-corrected chi connectivity index (χ0v) is 12.2. The minimum Gasteiger partial charge on any atom is -0.480 e. The molecule has 0 aliphatic carbocycles. The Labute approximate surface area is 131 Å². The van der Waals surface area contributed by atoms with Crippen LogP contribution in [0.4, 0.5) is 0 Å². The number of imidazole rings is 1. The number of nitrogens with zero attached hydrogens (tertiary/aromatic N) is 2. The monoisotopic (exact) mass is 326 g/mol. The number of carbonyl (C=O) groups excluding carboxylic acids is 3. The molecule has 0 saturated carbocycles. The Kier molecular flexibility index (Phi) is 6.83. The van der Waals surface area contributed by atoms with Crippen molar-refractivity contribution < 1.29 is 24.3 Å². The lowest BCUT2D eigenvalue weighted by Crippen LogP contribution is -2.54. The van der Waals surface area contributed by atoms with Crippen LogP contribution in [0.2, 0.25) is 0 Å². The molecular weight excluding hydrogens is 308 g/mol. The second-order valence-corrected chi connectivity index (χ2v) is 4.46. The van der Waals surface area contributed by atoms with Crippen molar-refractivity contribution >= 4 is 23.7 Å². The number of nitrogens with two attached hydrogens (primary N) is 2. The van der Waals surface area contributed by atoms with Gasteiger partial charge in [-0.25, -0.2) is 9.78 Å². The van der Waals surface area contributed by atoms with Crippen molar-refractivity contribution in [2.45, 2.75) is 12.5 Å². The predicted molar refractivity (Wildman–Crippen MR) is 76.7 cm³/mol. The molecule has 0 aromatic carbocycles. The Morgan fingerprint density at radius 1 is 1.26 bits per heavy atom. The third-order valence-electron chi connectivity index (χ3n) is 2.89. The number of carboxylic acids is 1. The lowest BCUT2D eigenvalue weighted by molar-refractivity contribution is -0.157. The maximum Gasteiger partial charge on any atom is 0.327 e. The van der Waals surface area contributed by atoms with Gasteiger partial charge < -0.3 is 26.9 Å². The summed E-state index contributed by atoms with van der Waals surface area (Å²) in [6.45, 7) is -1.46. The Bertz CT molecular complexity index is 573. The number of aromatic nitrogens is 2. The lowest BCUT2D eigenvalue weighted by Gasteiger charge is -2.26. The van der Waals surface area contributed by atoms with Crippen molar-refractivity contribution in [2.24, 2.45) is 11.5 Å². The van der Waals surface area contributed by atoms with E-state index >= 15 is 0 Å². The molecule has 11 heteroatoms. The fraction of sp³-hybridized carbons (Fsp3) is 0.417. The highest BCUT2D eigenvalue weighted by molar-refractivity contribution is 6.01. The first-order chi connectivity index (χ1) is 10.9. The topological polar surface area (TPSA) is 184 Å². The molecule has 0 spiro atoms. The summed E-state index contributed by atoms with van der Waals surface area (Å²) in [5.74, 6) is -3.78. The Hall–Kier alpha value is -2.79. The van der Waals surface area contributed by atoms with Gasteiger partial charge in [0.25, 0.3) is 0 Å². The number of H-pyrrole nitrogens is 1. The van der Waals surface area contributed by atoms with Crippen LogP contribution < -0.4 is 16.8 Å². The average molecular weight is 326 g/mol. The van der Waals surface area contributed by atoms with Gasteiger partial charge in [0.1, 0.15) is 6.04 Å². The maximum atomic E-state index is 12.1. The van der Waals surface area contributed by atoms with Gasteiger partial charge in [0, 0.05) is 12.6 Å². The van der Waals surface area contributed by atoms with Crippen molar-refractivity contribution in [3.05, 3.63) is 18.2 Å². The third-order valence-corrected chi connectivity index (χ3v) is 2.89. The van der Waals surface area contributed by atoms with E-state index in [0.29, 0.717) is 10.6 Å². The maximum absolute atomic E-state index is 12.1. The highest BCUT2D eigenvalue weighted by atomic mass is 16.4. The predicted octanol–water partition coefficient (Wildman–Crippen LogP) is -3.21. The second-order valence-electron chi connectivity index (χ2n) is 4.46. The smallest absolute Gasteiger partial charge is 0.327 e. The number of amides is 3. The first-order valence-electron chi connectivity index (χ1n) is 6.62. The standard InChI is InChI=1S/C12H18N6O5/c13-2-9(19)16-5-11(21)18(10(20)3-14)8(12(22)23)1-7-4-15-6-17-7/h4,6,8H,1-3,5,13-14H2,(H,15,17)(H,16,19)(H,22,23)/t8-/m0/s1. The van der Waals surface area contributed by atoms with E-state index in [-0.39, 0.29) is 13.0 Å². The van der Waals surface area contributed by atoms with Crippen molar-refractivity contribution in [3.63, 3.8) is 0 Å². The molecule has 23 heavy (non-hydrogen) atoms. The molecule has 1 atom stereocenters. The number of carbonyl (C=O) groups is 4. The van der Waals surface area contributed by atoms with Crippen LogP contribution in [0.1, 0.15) is 5.69 Å². The summed E-state index contributed by atoms with van der Waals surface area (Å²) in [5.41, 5.74) is 10.7. The molecule has 1 aromatic heterocycles. The highest BCUT2D eigenvalue weighted by Crippen LogP contribution is 2.08. The van der Waals surface area contributed by atoms with Crippen LogP contribution in [0.3, 0.4) is 0 Å². The van der Waals surface area contributed by atoms with Gasteiger partial charge in [0.05, 0.1) is 31.7 Å². The fourth-order valence-electron chi connectivity index (χ4n) is 1.81. The number of rotatable bonds is 8. The van der Waals surface area contributed by atoms with Gasteiger partial charge in [-0.05, 0) is 0 Å². The van der Waals surface area contributed by atoms with E-state index in [4.69, 9.17) is 11.5 Å². The van der Waals surface area contributed by atoms with E-state index in [2.05, 4.69) is 15.3 Å². The summed E-state index contributed by atoms with van der Waals surface area (Å²) < 4.78 is 0. The second kappa shape index (κ2) is 8.60. The molecule has 3 amide bonds. The van der Waals surface area contributed by atoms with E-state index in [1.54, 1.807) is 0 Å². The van der Waals surface area contributed by atoms with Gasteiger partial charge in [0.15, 0.2) is 0 Å². The number of carboxylic acid groups (broad SMARTS) is 1. The number of aliphatic carboxylic acids is 1. The minimum atomic E-state index is -1.49. The summed E-state index contributed by atoms with van der Waals surface area (Å²) in [4.78, 5) is 53.6. The zero-order valence-electron chi connectivity index (χ0n) is 12.2. The number of nitrogens with one attached hydrogen (secondary N) is 2. The summed E-state index contributed by atoms with van der Waals surface area (Å²) in [5, 5.41) is 11.5. The fourth-order valence-corrected chi connectivity index (χ4v) is 1.81. The van der Waals surface area contributed by atoms with Crippen molar-refractivity contribution in [1.82, 2.24) is 20.2 Å². The van der Waals surface area contributed by atoms with Crippen LogP contribution in [-0.2, 0) is 25.6 Å². The molecule has 0 saturated heterocycles. The van der Waals surface area contributed by atoms with E-state index in [9.17, 15) is 24.3 Å². The van der Waals surface area contributed by atoms with Crippen molar-refractivity contribution in [3.8, 4) is 0 Å². The summed E-state index contributed by atoms with van der Waals surface area (Å²) in [6, 6.07) is -1.49. The normalized spacial score (nSPS) is 11.6. The number of imide groups is 1. The van der Waals surface area contributed by atoms with Crippen LogP contribution in [0.15, 0.2) is 12.5 Å². The molecule has 1 heterocycles. The summed E-state index contributed by atoms with van der Waals surface area (Å²) in [7, 11) is 0. The Morgan fingerprint density at radius 2 is 1.96 bits per heavy atom. The molecule has 1 aromatic rings. The zero-order chi connectivity index (χ0) is 17.4. The number of hydrogen-bond donors (Lipinski definition) is 5. The quantitative estimate of drug-likeness (QED) is 0.330. The molecule has 11 nitrogen and oxygen atoms in total. The Morgan fingerprint density at radius 3 is 2.43 bits per heavy atom. The molecule has 0 fully saturated rings. The molecule has 0 aliphatic heterocycles. The van der Waals surface area contributed by atoms with Gasteiger partial charge in [-0.1, -0.05) is 0 Å². The van der Waals surface area contributed by atoms with E-state index in [1.165, 1.54) is 12.5 Å². The number of aromatic amines is 1. The van der Waals surface area contributed by atoms with E-state index in [1.807, 2.05) is 0 Å². The molecule has 0 bridgehead atoms. The molecule has 126 valence electrons. The van der Waals surface area contributed by atoms with E-state index < -0.39 is 42.8 Å². The molecule has 7 N–H and O–H groups in total. The highest BCUT2D eigenvalue weighted by Gasteiger charge is 2.34. The first kappa shape index (κ1) is 18.3. The van der Waals surface area contributed by atoms with Crippen LogP contribution in [-0.4, -0.2) is 69.3 Å². The van der Waals surface area contributed by atoms with Gasteiger partial charge in [-0.15, -0.1) is 0 Å². The third kappa shape index (κ3) is 5.16. The van der Waals surface area contributed by atoms with Crippen LogP contribution in [0.25, 0.3) is 0 Å². The van der Waals surface area contributed by atoms with Gasteiger partial charge in [0.2, 0.25) is 17.7 Å². The van der Waals surface area contributed by atoms with E-state index in [0.717, 1.165) is 0 Å². The molecule has 0 radical (unpaired) electrons. The van der Waals surface area contributed by atoms with Crippen molar-refractivity contribution in [2.75, 3.05) is 19.6 Å². The first-order valence-corrected chi connectivity index (χ1v) is 6.62. The van der Waals surface area contributed by atoms with Crippen LogP contribution >= 0.6 is 0 Å². The summed E-state index contributed by atoms with van der Waals surface area (Å²) in [6.07, 6.45) is 2.59. The SMILES string of the molecule is NCC(=O)NCC(=O)N(C(=O)CN)[C@@H](Cc1c[nH]cn1)C(=O)O. The largest absolute Gasteiger partial charge is 0.480 e. The van der Waals surface area contributed by atoms with Crippen LogP contribution in [0, 0.1) is 0 Å². The average Bonchev–Trinajstić information content (AvgIpc) is 3.04. The number of hydrogen-bond acceptors (Lipinski definition) is 7.